The summed E-state index contributed by atoms with van der Waals surface area (Å²) in [5.74, 6) is -0.504. The first kappa shape index (κ1) is 15.4. The molecule has 0 amide bonds. The highest BCUT2D eigenvalue weighted by Gasteiger charge is 2.30. The average Bonchev–Trinajstić information content (AvgIpc) is 2.94. The number of carbonyl (C=O) groups is 1. The molecule has 20 heavy (non-hydrogen) atoms. The van der Waals surface area contributed by atoms with Crippen LogP contribution in [0, 0.1) is 5.92 Å². The number of rotatable bonds is 5. The van der Waals surface area contributed by atoms with E-state index in [2.05, 4.69) is 26.9 Å². The van der Waals surface area contributed by atoms with E-state index in [0.717, 1.165) is 44.6 Å². The molecule has 1 aliphatic heterocycles. The number of carbonyl (C=O) groups excluding carboxylic acids is 1. The number of hydrogen-bond acceptors (Lipinski definition) is 6. The quantitative estimate of drug-likeness (QED) is 0.834. The fraction of sp³-hybridized carbons (Fsp3) is 0.714. The molecule has 6 heteroatoms. The normalized spacial score (nSPS) is 18.9. The molecule has 0 spiro atoms. The molecule has 0 radical (unpaired) electrons. The number of thiazole rings is 1. The molecule has 1 saturated heterocycles. The van der Waals surface area contributed by atoms with Crippen LogP contribution >= 0.6 is 11.3 Å². The number of likely N-dealkylation sites (tertiary alicyclic amines) is 1. The van der Waals surface area contributed by atoms with Crippen molar-refractivity contribution in [1.82, 2.24) is 9.88 Å². The lowest BCUT2D eigenvalue weighted by Gasteiger charge is -2.32. The Morgan fingerprint density at radius 1 is 1.60 bits per heavy atom. The van der Waals surface area contributed by atoms with Gasteiger partial charge in [0.25, 0.3) is 0 Å². The number of esters is 1. The van der Waals surface area contributed by atoms with Crippen LogP contribution in [0.3, 0.4) is 0 Å². The van der Waals surface area contributed by atoms with Crippen LogP contribution in [-0.2, 0) is 22.5 Å². The zero-order valence-electron chi connectivity index (χ0n) is 12.0. The molecule has 0 aromatic carbocycles. The first-order valence-corrected chi connectivity index (χ1v) is 7.93. The summed E-state index contributed by atoms with van der Waals surface area (Å²) in [6.07, 6.45) is 1.65. The van der Waals surface area contributed by atoms with E-state index in [-0.39, 0.29) is 5.92 Å². The van der Waals surface area contributed by atoms with Gasteiger partial charge in [-0.25, -0.2) is 9.78 Å². The molecule has 1 aromatic heterocycles. The molecule has 1 aromatic rings. The molecule has 2 rings (SSSR count). The molecule has 1 unspecified atom stereocenters. The summed E-state index contributed by atoms with van der Waals surface area (Å²) in [4.78, 5) is 18.2. The summed E-state index contributed by atoms with van der Waals surface area (Å²) in [5.41, 5.74) is 1.12. The molecule has 1 N–H and O–H groups in total. The molecular formula is C14H22N2O3S. The molecule has 0 saturated carbocycles. The highest BCUT2D eigenvalue weighted by molar-refractivity contribution is 7.09. The van der Waals surface area contributed by atoms with Crippen molar-refractivity contribution in [2.24, 2.45) is 5.92 Å². The molecule has 1 aliphatic rings. The van der Waals surface area contributed by atoms with Gasteiger partial charge < -0.3 is 9.84 Å². The molecule has 2 heterocycles. The van der Waals surface area contributed by atoms with Gasteiger partial charge in [0.2, 0.25) is 0 Å². The topological polar surface area (TPSA) is 62.7 Å². The SMILES string of the molecule is CCc1nc(CN2CCC(C(O)C(=O)OC)CC2)cs1. The van der Waals surface area contributed by atoms with E-state index < -0.39 is 12.1 Å². The standard InChI is InChI=1S/C14H22N2O3S/c1-3-12-15-11(9-20-12)8-16-6-4-10(5-7-16)13(17)14(18)19-2/h9-10,13,17H,3-8H2,1-2H3. The van der Waals surface area contributed by atoms with Gasteiger partial charge in [-0.3, -0.25) is 4.90 Å². The Kier molecular flexibility index (Phi) is 5.51. The number of piperidine rings is 1. The molecule has 1 atom stereocenters. The first-order chi connectivity index (χ1) is 9.63. The highest BCUT2D eigenvalue weighted by atomic mass is 32.1. The van der Waals surface area contributed by atoms with Gasteiger partial charge in [0, 0.05) is 11.9 Å². The van der Waals surface area contributed by atoms with Crippen molar-refractivity contribution < 1.29 is 14.6 Å². The Bertz CT molecular complexity index is 441. The van der Waals surface area contributed by atoms with Crippen LogP contribution in [0.4, 0.5) is 0 Å². The van der Waals surface area contributed by atoms with Gasteiger partial charge in [0.15, 0.2) is 6.10 Å². The third-order valence-electron chi connectivity index (χ3n) is 3.81. The summed E-state index contributed by atoms with van der Waals surface area (Å²) < 4.78 is 4.59. The van der Waals surface area contributed by atoms with Crippen molar-refractivity contribution in [3.05, 3.63) is 16.1 Å². The van der Waals surface area contributed by atoms with Crippen LogP contribution in [0.5, 0.6) is 0 Å². The molecule has 1 fully saturated rings. The Morgan fingerprint density at radius 3 is 2.85 bits per heavy atom. The third kappa shape index (κ3) is 3.77. The number of hydrogen-bond donors (Lipinski definition) is 1. The summed E-state index contributed by atoms with van der Waals surface area (Å²) in [5, 5.41) is 13.1. The molecule has 0 aliphatic carbocycles. The van der Waals surface area contributed by atoms with Crippen molar-refractivity contribution in [1.29, 1.82) is 0 Å². The summed E-state index contributed by atoms with van der Waals surface area (Å²) in [6.45, 7) is 4.75. The lowest BCUT2D eigenvalue weighted by Crippen LogP contribution is -2.40. The van der Waals surface area contributed by atoms with E-state index in [0.29, 0.717) is 0 Å². The predicted molar refractivity (Wildman–Crippen MR) is 77.5 cm³/mol. The lowest BCUT2D eigenvalue weighted by atomic mass is 9.91. The number of ether oxygens (including phenoxy) is 1. The van der Waals surface area contributed by atoms with Crippen LogP contribution in [0.1, 0.15) is 30.5 Å². The summed E-state index contributed by atoms with van der Waals surface area (Å²) >= 11 is 1.71. The van der Waals surface area contributed by atoms with Gasteiger partial charge in [-0.15, -0.1) is 11.3 Å². The predicted octanol–water partition coefficient (Wildman–Crippen LogP) is 1.45. The molecular weight excluding hydrogens is 276 g/mol. The van der Waals surface area contributed by atoms with Crippen LogP contribution in [0.2, 0.25) is 0 Å². The monoisotopic (exact) mass is 298 g/mol. The number of aryl methyl sites for hydroxylation is 1. The second-order valence-electron chi connectivity index (χ2n) is 5.17. The van der Waals surface area contributed by atoms with Crippen LogP contribution < -0.4 is 0 Å². The Balaban J connectivity index is 1.80. The second-order valence-corrected chi connectivity index (χ2v) is 6.11. The maximum Gasteiger partial charge on any atom is 0.334 e. The van der Waals surface area contributed by atoms with E-state index in [9.17, 15) is 9.90 Å². The Labute approximate surface area is 123 Å². The van der Waals surface area contributed by atoms with Crippen molar-refractivity contribution >= 4 is 17.3 Å². The zero-order valence-corrected chi connectivity index (χ0v) is 12.9. The largest absolute Gasteiger partial charge is 0.467 e. The summed E-state index contributed by atoms with van der Waals surface area (Å²) in [7, 11) is 1.31. The minimum absolute atomic E-state index is 0.0142. The first-order valence-electron chi connectivity index (χ1n) is 7.05. The Hall–Kier alpha value is -0.980. The average molecular weight is 298 g/mol. The highest BCUT2D eigenvalue weighted by Crippen LogP contribution is 2.23. The van der Waals surface area contributed by atoms with Gasteiger partial charge in [0.1, 0.15) is 0 Å². The maximum atomic E-state index is 11.3. The van der Waals surface area contributed by atoms with E-state index >= 15 is 0 Å². The van der Waals surface area contributed by atoms with Crippen LogP contribution in [0.25, 0.3) is 0 Å². The van der Waals surface area contributed by atoms with Gasteiger partial charge in [-0.2, -0.15) is 0 Å². The third-order valence-corrected chi connectivity index (χ3v) is 4.85. The van der Waals surface area contributed by atoms with E-state index in [1.165, 1.54) is 12.1 Å². The number of aliphatic hydroxyl groups is 1. The van der Waals surface area contributed by atoms with Crippen molar-refractivity contribution in [2.75, 3.05) is 20.2 Å². The molecule has 5 nitrogen and oxygen atoms in total. The van der Waals surface area contributed by atoms with Crippen LogP contribution in [-0.4, -0.2) is 47.3 Å². The Morgan fingerprint density at radius 2 is 2.30 bits per heavy atom. The number of aromatic nitrogens is 1. The molecule has 112 valence electrons. The minimum atomic E-state index is -0.979. The zero-order chi connectivity index (χ0) is 14.5. The van der Waals surface area contributed by atoms with E-state index in [4.69, 9.17) is 0 Å². The maximum absolute atomic E-state index is 11.3. The van der Waals surface area contributed by atoms with Gasteiger partial charge in [-0.05, 0) is 38.3 Å². The van der Waals surface area contributed by atoms with Gasteiger partial charge in [0.05, 0.1) is 17.8 Å². The lowest BCUT2D eigenvalue weighted by molar-refractivity contribution is -0.154. The smallest absolute Gasteiger partial charge is 0.334 e. The minimum Gasteiger partial charge on any atom is -0.467 e. The van der Waals surface area contributed by atoms with Gasteiger partial charge >= 0.3 is 5.97 Å². The van der Waals surface area contributed by atoms with Crippen molar-refractivity contribution in [2.45, 2.75) is 38.8 Å². The number of aliphatic hydroxyl groups excluding tert-OH is 1. The van der Waals surface area contributed by atoms with Gasteiger partial charge in [-0.1, -0.05) is 6.92 Å². The van der Waals surface area contributed by atoms with E-state index in [1.807, 2.05) is 0 Å². The van der Waals surface area contributed by atoms with Crippen molar-refractivity contribution in [3.8, 4) is 0 Å². The van der Waals surface area contributed by atoms with E-state index in [1.54, 1.807) is 11.3 Å². The summed E-state index contributed by atoms with van der Waals surface area (Å²) in [6, 6.07) is 0. The van der Waals surface area contributed by atoms with Crippen LogP contribution in [0.15, 0.2) is 5.38 Å². The fourth-order valence-corrected chi connectivity index (χ4v) is 3.29. The fourth-order valence-electron chi connectivity index (χ4n) is 2.55. The van der Waals surface area contributed by atoms with Crippen molar-refractivity contribution in [3.63, 3.8) is 0 Å². The second kappa shape index (κ2) is 7.15. The number of methoxy groups -OCH3 is 1. The molecule has 0 bridgehead atoms. The number of nitrogens with zero attached hydrogens (tertiary/aromatic N) is 2.